The maximum atomic E-state index is 5.57. The molecule has 0 amide bonds. The minimum Gasteiger partial charge on any atom is -0.497 e. The summed E-state index contributed by atoms with van der Waals surface area (Å²) in [4.78, 5) is 5.97. The average molecular weight is 452 g/mol. The molecular weight excluding hydrogens is 427 g/mol. The van der Waals surface area contributed by atoms with Crippen molar-refractivity contribution in [3.05, 3.63) is 47.8 Å². The smallest absolute Gasteiger partial charge is 0.125 e. The number of benzene rings is 1. The first-order valence-electron chi connectivity index (χ1n) is 8.79. The summed E-state index contributed by atoms with van der Waals surface area (Å²) in [6.07, 6.45) is 4.15. The van der Waals surface area contributed by atoms with Crippen molar-refractivity contribution in [2.45, 2.75) is 0 Å². The van der Waals surface area contributed by atoms with Crippen LogP contribution in [-0.4, -0.2) is 59.2 Å². The van der Waals surface area contributed by atoms with Crippen LogP contribution in [-0.2, 0) is 0 Å². The lowest BCUT2D eigenvalue weighted by atomic mass is 10.0. The summed E-state index contributed by atoms with van der Waals surface area (Å²) in [5.41, 5.74) is 3.48. The number of nitrogens with zero attached hydrogens (tertiary/aromatic N) is 1. The summed E-state index contributed by atoms with van der Waals surface area (Å²) in [6.45, 7) is 1.60. The summed E-state index contributed by atoms with van der Waals surface area (Å²) >= 11 is 14.7. The van der Waals surface area contributed by atoms with Gasteiger partial charge >= 0.3 is 0 Å². The van der Waals surface area contributed by atoms with E-state index in [4.69, 9.17) is 34.2 Å². The molecule has 0 bridgehead atoms. The Hall–Kier alpha value is -1.35. The number of ether oxygens (including phenoxy) is 1. The minimum atomic E-state index is 0.631. The van der Waals surface area contributed by atoms with Gasteiger partial charge in [0, 0.05) is 24.6 Å². The highest BCUT2D eigenvalue weighted by Crippen LogP contribution is 2.25. The minimum absolute atomic E-state index is 0.631. The second kappa shape index (κ2) is 12.3. The van der Waals surface area contributed by atoms with Crippen LogP contribution in [0.15, 0.2) is 36.4 Å². The lowest BCUT2D eigenvalue weighted by molar-refractivity contribution is 0.415. The highest BCUT2D eigenvalue weighted by Gasteiger charge is 2.12. The summed E-state index contributed by atoms with van der Waals surface area (Å²) < 4.78 is 5.37. The Morgan fingerprint density at radius 1 is 0.929 bits per heavy atom. The van der Waals surface area contributed by atoms with Gasteiger partial charge in [0.15, 0.2) is 0 Å². The van der Waals surface area contributed by atoms with E-state index in [9.17, 15) is 0 Å². The topological polar surface area (TPSA) is 46.2 Å². The molecule has 0 unspecified atom stereocenters. The van der Waals surface area contributed by atoms with Crippen LogP contribution in [0.1, 0.15) is 11.4 Å². The van der Waals surface area contributed by atoms with Crippen LogP contribution >= 0.6 is 48.0 Å². The van der Waals surface area contributed by atoms with Crippen molar-refractivity contribution in [3.63, 3.8) is 0 Å². The zero-order valence-electron chi connectivity index (χ0n) is 16.3. The molecule has 150 valence electrons. The van der Waals surface area contributed by atoms with Crippen LogP contribution in [0.25, 0.3) is 11.1 Å². The van der Waals surface area contributed by atoms with Crippen LogP contribution in [0.4, 0.5) is 0 Å². The van der Waals surface area contributed by atoms with Crippen LogP contribution in [0.3, 0.4) is 0 Å². The molecule has 4 nitrogen and oxygen atoms in total. The molecule has 2 aromatic rings. The first-order valence-corrected chi connectivity index (χ1v) is 12.4. The van der Waals surface area contributed by atoms with Gasteiger partial charge < -0.3 is 15.4 Å². The summed E-state index contributed by atoms with van der Waals surface area (Å²) in [5, 5.41) is 6.55. The third kappa shape index (κ3) is 6.92. The van der Waals surface area contributed by atoms with Gasteiger partial charge in [-0.25, -0.2) is 4.98 Å². The quantitative estimate of drug-likeness (QED) is 0.415. The fourth-order valence-electron chi connectivity index (χ4n) is 2.45. The van der Waals surface area contributed by atoms with Gasteiger partial charge in [-0.15, -0.1) is 0 Å². The second-order valence-electron chi connectivity index (χ2n) is 5.86. The Morgan fingerprint density at radius 2 is 1.50 bits per heavy atom. The zero-order valence-corrected chi connectivity index (χ0v) is 19.5. The van der Waals surface area contributed by atoms with Crippen LogP contribution in [0.2, 0.25) is 0 Å². The van der Waals surface area contributed by atoms with Crippen molar-refractivity contribution in [1.82, 2.24) is 15.6 Å². The normalized spacial score (nSPS) is 10.4. The van der Waals surface area contributed by atoms with Crippen molar-refractivity contribution in [2.24, 2.45) is 0 Å². The predicted octanol–water partition coefficient (Wildman–Crippen LogP) is 4.01. The van der Waals surface area contributed by atoms with Gasteiger partial charge in [0.1, 0.15) is 15.7 Å². The monoisotopic (exact) mass is 451 g/mol. The average Bonchev–Trinajstić information content (AvgIpc) is 2.73. The number of thioether (sulfide) groups is 2. The summed E-state index contributed by atoms with van der Waals surface area (Å²) in [5.74, 6) is 2.77. The van der Waals surface area contributed by atoms with E-state index in [0.29, 0.717) is 9.98 Å². The summed E-state index contributed by atoms with van der Waals surface area (Å²) in [6, 6.07) is 11.9. The third-order valence-corrected chi connectivity index (χ3v) is 5.81. The molecule has 0 spiro atoms. The van der Waals surface area contributed by atoms with E-state index in [1.165, 1.54) is 0 Å². The molecule has 2 N–H and O–H groups in total. The maximum Gasteiger partial charge on any atom is 0.125 e. The zero-order chi connectivity index (χ0) is 20.4. The Bertz CT molecular complexity index is 774. The van der Waals surface area contributed by atoms with E-state index in [2.05, 4.69) is 23.1 Å². The summed E-state index contributed by atoms with van der Waals surface area (Å²) in [7, 11) is 1.66. The maximum absolute atomic E-state index is 5.57. The molecule has 0 saturated carbocycles. The molecule has 0 saturated heterocycles. The largest absolute Gasteiger partial charge is 0.497 e. The highest BCUT2D eigenvalue weighted by molar-refractivity contribution is 7.98. The second-order valence-corrected chi connectivity index (χ2v) is 8.64. The van der Waals surface area contributed by atoms with Crippen LogP contribution in [0, 0.1) is 0 Å². The van der Waals surface area contributed by atoms with Crippen molar-refractivity contribution in [2.75, 3.05) is 44.2 Å². The van der Waals surface area contributed by atoms with Gasteiger partial charge in [0.2, 0.25) is 0 Å². The predicted molar refractivity (Wildman–Crippen MR) is 132 cm³/mol. The molecule has 1 aromatic heterocycles. The molecule has 0 radical (unpaired) electrons. The molecule has 0 aliphatic carbocycles. The third-order valence-electron chi connectivity index (χ3n) is 3.88. The van der Waals surface area contributed by atoms with Crippen molar-refractivity contribution < 1.29 is 4.74 Å². The van der Waals surface area contributed by atoms with Gasteiger partial charge in [-0.05, 0) is 47.9 Å². The fraction of sp³-hybridized carbons (Fsp3) is 0.350. The highest BCUT2D eigenvalue weighted by atomic mass is 32.2. The van der Waals surface area contributed by atoms with E-state index in [0.717, 1.165) is 52.9 Å². The van der Waals surface area contributed by atoms with E-state index in [-0.39, 0.29) is 0 Å². The number of rotatable bonds is 10. The van der Waals surface area contributed by atoms with Gasteiger partial charge in [-0.2, -0.15) is 23.5 Å². The van der Waals surface area contributed by atoms with E-state index in [1.54, 1.807) is 30.6 Å². The Labute approximate surface area is 186 Å². The van der Waals surface area contributed by atoms with Gasteiger partial charge in [0.25, 0.3) is 0 Å². The van der Waals surface area contributed by atoms with Gasteiger partial charge in [0.05, 0.1) is 18.5 Å². The number of hydrogen-bond donors (Lipinski definition) is 2. The molecule has 0 atom stereocenters. The fourth-order valence-corrected chi connectivity index (χ4v) is 3.47. The van der Waals surface area contributed by atoms with Crippen molar-refractivity contribution >= 4 is 57.9 Å². The Balaban J connectivity index is 2.36. The number of methoxy groups -OCH3 is 1. The van der Waals surface area contributed by atoms with Gasteiger partial charge in [-0.1, -0.05) is 36.6 Å². The lowest BCUT2D eigenvalue weighted by Crippen LogP contribution is -2.28. The van der Waals surface area contributed by atoms with E-state index < -0.39 is 0 Å². The lowest BCUT2D eigenvalue weighted by Gasteiger charge is -2.13. The molecule has 1 aromatic carbocycles. The number of pyridine rings is 1. The molecule has 0 fully saturated rings. The molecule has 28 heavy (non-hydrogen) atoms. The molecule has 2 rings (SSSR count). The SMILES string of the molecule is COc1cccc(-c2cc(C(=S)NCCSC)nc(C(=S)NCCSC)c2)c1. The molecule has 0 aliphatic heterocycles. The van der Waals surface area contributed by atoms with Crippen molar-refractivity contribution in [1.29, 1.82) is 0 Å². The van der Waals surface area contributed by atoms with E-state index >= 15 is 0 Å². The standard InChI is InChI=1S/C20H25N3OS4/c1-24-16-6-4-5-14(11-16)15-12-17(19(25)21-7-9-27-2)23-18(13-15)20(26)22-8-10-28-3/h4-6,11-13H,7-10H2,1-3H3,(H,21,25)(H,22,26). The van der Waals surface area contributed by atoms with Crippen LogP contribution < -0.4 is 15.4 Å². The number of aromatic nitrogens is 1. The first kappa shape index (κ1) is 22.9. The first-order chi connectivity index (χ1) is 13.6. The number of thiocarbonyl (C=S) groups is 2. The van der Waals surface area contributed by atoms with E-state index in [1.807, 2.05) is 36.4 Å². The van der Waals surface area contributed by atoms with Crippen molar-refractivity contribution in [3.8, 4) is 16.9 Å². The van der Waals surface area contributed by atoms with Gasteiger partial charge in [-0.3, -0.25) is 0 Å². The number of hydrogen-bond acceptors (Lipinski definition) is 6. The number of nitrogens with one attached hydrogen (secondary N) is 2. The Morgan fingerprint density at radius 3 is 2.00 bits per heavy atom. The Kier molecular flexibility index (Phi) is 10.0. The molecule has 1 heterocycles. The molecule has 0 aliphatic rings. The molecule has 8 heteroatoms. The van der Waals surface area contributed by atoms with Crippen LogP contribution in [0.5, 0.6) is 5.75 Å². The molecular formula is C20H25N3OS4.